The van der Waals surface area contributed by atoms with E-state index in [1.54, 1.807) is 11.8 Å². The van der Waals surface area contributed by atoms with Gasteiger partial charge in [0.25, 0.3) is 0 Å². The van der Waals surface area contributed by atoms with Gasteiger partial charge in [-0.1, -0.05) is 6.92 Å². The highest BCUT2D eigenvalue weighted by Gasteiger charge is 2.29. The van der Waals surface area contributed by atoms with Crippen molar-refractivity contribution < 1.29 is 9.90 Å². The third-order valence-corrected chi connectivity index (χ3v) is 2.92. The SMILES string of the molecule is CC[C@@H]1CN(C(=O)[C@H](C)N)CC[C@@H]1O. The average molecular weight is 200 g/mol. The maximum absolute atomic E-state index is 11.6. The molecule has 82 valence electrons. The second-order valence-electron chi connectivity index (χ2n) is 4.10. The first-order valence-corrected chi connectivity index (χ1v) is 5.28. The van der Waals surface area contributed by atoms with Gasteiger partial charge in [-0.25, -0.2) is 0 Å². The molecule has 0 aromatic rings. The van der Waals surface area contributed by atoms with E-state index < -0.39 is 6.04 Å². The number of nitrogens with zero attached hydrogens (tertiary/aromatic N) is 1. The summed E-state index contributed by atoms with van der Waals surface area (Å²) in [5.74, 6) is 0.210. The van der Waals surface area contributed by atoms with Crippen LogP contribution >= 0.6 is 0 Å². The van der Waals surface area contributed by atoms with Crippen molar-refractivity contribution in [2.45, 2.75) is 38.8 Å². The van der Waals surface area contributed by atoms with Gasteiger partial charge < -0.3 is 15.7 Å². The molecule has 0 aromatic heterocycles. The summed E-state index contributed by atoms with van der Waals surface area (Å²) in [6.07, 6.45) is 1.33. The number of likely N-dealkylation sites (tertiary alicyclic amines) is 1. The lowest BCUT2D eigenvalue weighted by Gasteiger charge is -2.36. The molecule has 1 heterocycles. The molecule has 1 aliphatic rings. The molecular formula is C10H20N2O2. The van der Waals surface area contributed by atoms with Crippen LogP contribution in [0, 0.1) is 5.92 Å². The predicted octanol–water partition coefficient (Wildman–Crippen LogP) is -0.0470. The smallest absolute Gasteiger partial charge is 0.239 e. The molecule has 1 fully saturated rings. The highest BCUT2D eigenvalue weighted by Crippen LogP contribution is 2.20. The number of rotatable bonds is 2. The first kappa shape index (κ1) is 11.5. The second kappa shape index (κ2) is 4.75. The summed E-state index contributed by atoms with van der Waals surface area (Å²) < 4.78 is 0. The highest BCUT2D eigenvalue weighted by molar-refractivity contribution is 5.81. The molecule has 0 aromatic carbocycles. The number of piperidine rings is 1. The van der Waals surface area contributed by atoms with Crippen LogP contribution in [0.25, 0.3) is 0 Å². The van der Waals surface area contributed by atoms with Crippen LogP contribution in [-0.2, 0) is 4.79 Å². The molecule has 0 unspecified atom stereocenters. The fourth-order valence-corrected chi connectivity index (χ4v) is 1.91. The molecule has 14 heavy (non-hydrogen) atoms. The minimum Gasteiger partial charge on any atom is -0.393 e. The van der Waals surface area contributed by atoms with Gasteiger partial charge in [-0.15, -0.1) is 0 Å². The fourth-order valence-electron chi connectivity index (χ4n) is 1.91. The number of carbonyl (C=O) groups is 1. The minimum absolute atomic E-state index is 0.00431. The number of aliphatic hydroxyl groups is 1. The summed E-state index contributed by atoms with van der Waals surface area (Å²) in [6, 6.07) is -0.428. The van der Waals surface area contributed by atoms with E-state index in [1.165, 1.54) is 0 Å². The van der Waals surface area contributed by atoms with E-state index in [0.717, 1.165) is 6.42 Å². The van der Waals surface area contributed by atoms with E-state index >= 15 is 0 Å². The summed E-state index contributed by atoms with van der Waals surface area (Å²) in [5.41, 5.74) is 5.53. The zero-order chi connectivity index (χ0) is 10.7. The molecular weight excluding hydrogens is 180 g/mol. The Bertz CT molecular complexity index is 206. The molecule has 3 atom stereocenters. The molecule has 0 bridgehead atoms. The van der Waals surface area contributed by atoms with Gasteiger partial charge in [0.05, 0.1) is 12.1 Å². The van der Waals surface area contributed by atoms with Gasteiger partial charge in [-0.3, -0.25) is 4.79 Å². The third-order valence-electron chi connectivity index (χ3n) is 2.92. The van der Waals surface area contributed by atoms with Crippen molar-refractivity contribution in [3.8, 4) is 0 Å². The van der Waals surface area contributed by atoms with Gasteiger partial charge in [-0.05, 0) is 19.8 Å². The molecule has 0 aliphatic carbocycles. The lowest BCUT2D eigenvalue weighted by molar-refractivity contribution is -0.136. The molecule has 4 heteroatoms. The number of carbonyl (C=O) groups excluding carboxylic acids is 1. The summed E-state index contributed by atoms with van der Waals surface area (Å²) in [6.45, 7) is 5.03. The Labute approximate surface area is 85.1 Å². The Hall–Kier alpha value is -0.610. The lowest BCUT2D eigenvalue weighted by atomic mass is 9.92. The van der Waals surface area contributed by atoms with E-state index in [1.807, 2.05) is 6.92 Å². The van der Waals surface area contributed by atoms with Crippen LogP contribution in [0.2, 0.25) is 0 Å². The Balaban J connectivity index is 2.54. The zero-order valence-corrected chi connectivity index (χ0v) is 8.94. The fraction of sp³-hybridized carbons (Fsp3) is 0.900. The second-order valence-corrected chi connectivity index (χ2v) is 4.10. The van der Waals surface area contributed by atoms with E-state index in [-0.39, 0.29) is 17.9 Å². The lowest BCUT2D eigenvalue weighted by Crippen LogP contribution is -2.50. The number of aliphatic hydroxyl groups excluding tert-OH is 1. The number of amides is 1. The van der Waals surface area contributed by atoms with Crippen molar-refractivity contribution >= 4 is 5.91 Å². The minimum atomic E-state index is -0.428. The maximum atomic E-state index is 11.6. The van der Waals surface area contributed by atoms with E-state index in [0.29, 0.717) is 19.5 Å². The van der Waals surface area contributed by atoms with Crippen LogP contribution in [0.5, 0.6) is 0 Å². The normalized spacial score (nSPS) is 30.1. The number of hydrogen-bond acceptors (Lipinski definition) is 3. The van der Waals surface area contributed by atoms with E-state index in [9.17, 15) is 9.90 Å². The van der Waals surface area contributed by atoms with Gasteiger partial charge >= 0.3 is 0 Å². The van der Waals surface area contributed by atoms with Gasteiger partial charge in [0, 0.05) is 19.0 Å². The Morgan fingerprint density at radius 1 is 1.71 bits per heavy atom. The standard InChI is InChI=1S/C10H20N2O2/c1-3-8-6-12(5-4-9(8)13)10(14)7(2)11/h7-9,13H,3-6,11H2,1-2H3/t7-,8+,9-/m0/s1. The molecule has 0 radical (unpaired) electrons. The first-order chi connectivity index (χ1) is 6.56. The average Bonchev–Trinajstić information content (AvgIpc) is 2.17. The number of hydrogen-bond donors (Lipinski definition) is 2. The number of nitrogens with two attached hydrogens (primary N) is 1. The Kier molecular flexibility index (Phi) is 3.89. The van der Waals surface area contributed by atoms with Gasteiger partial charge in [-0.2, -0.15) is 0 Å². The summed E-state index contributed by atoms with van der Waals surface area (Å²) in [4.78, 5) is 13.4. The van der Waals surface area contributed by atoms with Crippen LogP contribution in [0.4, 0.5) is 0 Å². The van der Waals surface area contributed by atoms with Crippen LogP contribution in [0.3, 0.4) is 0 Å². The summed E-state index contributed by atoms with van der Waals surface area (Å²) >= 11 is 0. The van der Waals surface area contributed by atoms with E-state index in [2.05, 4.69) is 0 Å². The van der Waals surface area contributed by atoms with E-state index in [4.69, 9.17) is 5.73 Å². The molecule has 0 saturated carbocycles. The maximum Gasteiger partial charge on any atom is 0.239 e. The van der Waals surface area contributed by atoms with Gasteiger partial charge in [0.2, 0.25) is 5.91 Å². The third kappa shape index (κ3) is 2.45. The summed E-state index contributed by atoms with van der Waals surface area (Å²) in [7, 11) is 0. The molecule has 1 rings (SSSR count). The molecule has 4 nitrogen and oxygen atoms in total. The van der Waals surface area contributed by atoms with Crippen molar-refractivity contribution in [3.05, 3.63) is 0 Å². The van der Waals surface area contributed by atoms with Crippen molar-refractivity contribution in [1.82, 2.24) is 4.90 Å². The monoisotopic (exact) mass is 200 g/mol. The zero-order valence-electron chi connectivity index (χ0n) is 8.94. The molecule has 1 saturated heterocycles. The largest absolute Gasteiger partial charge is 0.393 e. The molecule has 3 N–H and O–H groups in total. The highest BCUT2D eigenvalue weighted by atomic mass is 16.3. The molecule has 0 spiro atoms. The molecule has 1 aliphatic heterocycles. The Morgan fingerprint density at radius 3 is 2.86 bits per heavy atom. The topological polar surface area (TPSA) is 66.6 Å². The van der Waals surface area contributed by atoms with Crippen molar-refractivity contribution in [2.24, 2.45) is 11.7 Å². The van der Waals surface area contributed by atoms with Gasteiger partial charge in [0.15, 0.2) is 0 Å². The Morgan fingerprint density at radius 2 is 2.36 bits per heavy atom. The first-order valence-electron chi connectivity index (χ1n) is 5.28. The van der Waals surface area contributed by atoms with Crippen LogP contribution in [0.15, 0.2) is 0 Å². The van der Waals surface area contributed by atoms with Crippen LogP contribution in [-0.4, -0.2) is 41.1 Å². The summed E-state index contributed by atoms with van der Waals surface area (Å²) in [5, 5.41) is 9.64. The van der Waals surface area contributed by atoms with Crippen molar-refractivity contribution in [2.75, 3.05) is 13.1 Å². The van der Waals surface area contributed by atoms with Gasteiger partial charge in [0.1, 0.15) is 0 Å². The van der Waals surface area contributed by atoms with Crippen molar-refractivity contribution in [1.29, 1.82) is 0 Å². The quantitative estimate of drug-likeness (QED) is 0.657. The molecule has 1 amide bonds. The predicted molar refractivity (Wildman–Crippen MR) is 54.6 cm³/mol. The van der Waals surface area contributed by atoms with Crippen molar-refractivity contribution in [3.63, 3.8) is 0 Å². The van der Waals surface area contributed by atoms with Crippen LogP contribution in [0.1, 0.15) is 26.7 Å². The van der Waals surface area contributed by atoms with Crippen LogP contribution < -0.4 is 5.73 Å².